The summed E-state index contributed by atoms with van der Waals surface area (Å²) in [6.45, 7) is 1.27. The molecule has 0 aliphatic heterocycles. The van der Waals surface area contributed by atoms with Gasteiger partial charge in [-0.05, 0) is 12.1 Å². The fourth-order valence-electron chi connectivity index (χ4n) is 1.37. The summed E-state index contributed by atoms with van der Waals surface area (Å²) in [4.78, 5) is 11.5. The molecule has 0 atom stereocenters. The smallest absolute Gasteiger partial charge is 0.258 e. The Morgan fingerprint density at radius 3 is 2.85 bits per heavy atom. The van der Waals surface area contributed by atoms with E-state index in [0.29, 0.717) is 12.0 Å². The van der Waals surface area contributed by atoms with Crippen molar-refractivity contribution in [1.82, 2.24) is 15.5 Å². The Morgan fingerprint density at radius 2 is 2.20 bits per heavy atom. The van der Waals surface area contributed by atoms with Crippen LogP contribution in [0.2, 0.25) is 0 Å². The Balaban J connectivity index is 1.80. The largest absolute Gasteiger partial charge is 0.481 e. The van der Waals surface area contributed by atoms with Gasteiger partial charge in [0.25, 0.3) is 5.91 Å². The lowest BCUT2D eigenvalue weighted by atomic mass is 10.3. The third-order valence-electron chi connectivity index (χ3n) is 2.26. The maximum Gasteiger partial charge on any atom is 0.258 e. The summed E-state index contributed by atoms with van der Waals surface area (Å²) in [6, 6.07) is 2.82. The molecule has 0 saturated carbocycles. The number of carbonyl (C=O) groups excluding carboxylic acids is 1. The second-order valence-electron chi connectivity index (χ2n) is 3.85. The van der Waals surface area contributed by atoms with Gasteiger partial charge >= 0.3 is 0 Å². The van der Waals surface area contributed by atoms with E-state index < -0.39 is 24.1 Å². The third kappa shape index (κ3) is 3.74. The molecule has 1 aromatic heterocycles. The Hall–Kier alpha value is -2.51. The van der Waals surface area contributed by atoms with Gasteiger partial charge in [-0.15, -0.1) is 10.2 Å². The van der Waals surface area contributed by atoms with E-state index in [-0.39, 0.29) is 18.2 Å². The van der Waals surface area contributed by atoms with Crippen LogP contribution in [0, 0.1) is 18.6 Å². The number of aryl methyl sites for hydroxylation is 1. The molecular weight excluding hydrogens is 272 g/mol. The van der Waals surface area contributed by atoms with Crippen LogP contribution in [0.3, 0.4) is 0 Å². The van der Waals surface area contributed by atoms with E-state index in [0.717, 1.165) is 12.1 Å². The van der Waals surface area contributed by atoms with Crippen molar-refractivity contribution >= 4 is 5.91 Å². The highest BCUT2D eigenvalue weighted by molar-refractivity contribution is 5.77. The van der Waals surface area contributed by atoms with Gasteiger partial charge in [-0.1, -0.05) is 0 Å². The van der Waals surface area contributed by atoms with E-state index in [1.807, 2.05) is 0 Å². The van der Waals surface area contributed by atoms with E-state index in [4.69, 9.17) is 9.15 Å². The Labute approximate surface area is 112 Å². The number of benzene rings is 1. The molecule has 0 aliphatic carbocycles. The van der Waals surface area contributed by atoms with Crippen molar-refractivity contribution in [2.45, 2.75) is 13.5 Å². The summed E-state index contributed by atoms with van der Waals surface area (Å²) in [6.07, 6.45) is 0. The molecule has 0 aliphatic rings. The van der Waals surface area contributed by atoms with Crippen LogP contribution in [0.25, 0.3) is 0 Å². The maximum absolute atomic E-state index is 13.2. The lowest BCUT2D eigenvalue weighted by Gasteiger charge is -2.07. The summed E-state index contributed by atoms with van der Waals surface area (Å²) >= 11 is 0. The summed E-state index contributed by atoms with van der Waals surface area (Å²) in [5.41, 5.74) is 0. The van der Waals surface area contributed by atoms with Crippen molar-refractivity contribution in [1.29, 1.82) is 0 Å². The van der Waals surface area contributed by atoms with Crippen LogP contribution in [0.4, 0.5) is 8.78 Å². The molecule has 106 valence electrons. The molecule has 0 fully saturated rings. The predicted molar refractivity (Wildman–Crippen MR) is 62.7 cm³/mol. The molecular formula is C12H11F2N3O3. The minimum absolute atomic E-state index is 0.0505. The van der Waals surface area contributed by atoms with Gasteiger partial charge in [-0.25, -0.2) is 8.78 Å². The lowest BCUT2D eigenvalue weighted by Crippen LogP contribution is -2.28. The molecule has 1 N–H and O–H groups in total. The first-order valence-electron chi connectivity index (χ1n) is 5.68. The van der Waals surface area contributed by atoms with Crippen LogP contribution < -0.4 is 10.1 Å². The monoisotopic (exact) mass is 283 g/mol. The maximum atomic E-state index is 13.2. The molecule has 1 amide bonds. The number of aromatic nitrogens is 2. The Morgan fingerprint density at radius 1 is 1.40 bits per heavy atom. The number of halogens is 2. The number of ether oxygens (including phenoxy) is 1. The van der Waals surface area contributed by atoms with Gasteiger partial charge in [0, 0.05) is 13.0 Å². The molecule has 2 aromatic rings. The van der Waals surface area contributed by atoms with Crippen LogP contribution in [0.5, 0.6) is 5.75 Å². The minimum Gasteiger partial charge on any atom is -0.481 e. The molecule has 2 rings (SSSR count). The highest BCUT2D eigenvalue weighted by Gasteiger charge is 2.09. The second kappa shape index (κ2) is 6.09. The second-order valence-corrected chi connectivity index (χ2v) is 3.85. The van der Waals surface area contributed by atoms with Gasteiger partial charge in [-0.3, -0.25) is 4.79 Å². The Kier molecular flexibility index (Phi) is 4.24. The number of rotatable bonds is 5. The molecule has 0 saturated heterocycles. The molecule has 0 bridgehead atoms. The van der Waals surface area contributed by atoms with Crippen molar-refractivity contribution in [3.8, 4) is 5.75 Å². The van der Waals surface area contributed by atoms with Crippen molar-refractivity contribution in [2.24, 2.45) is 0 Å². The number of carbonyl (C=O) groups is 1. The van der Waals surface area contributed by atoms with Crippen LogP contribution in [-0.2, 0) is 11.3 Å². The predicted octanol–water partition coefficient (Wildman–Crippen LogP) is 1.35. The first-order valence-corrected chi connectivity index (χ1v) is 5.68. The van der Waals surface area contributed by atoms with Crippen molar-refractivity contribution < 1.29 is 22.7 Å². The zero-order valence-electron chi connectivity index (χ0n) is 10.5. The molecule has 20 heavy (non-hydrogen) atoms. The molecule has 8 heteroatoms. The van der Waals surface area contributed by atoms with Gasteiger partial charge in [0.05, 0.1) is 6.54 Å². The van der Waals surface area contributed by atoms with Gasteiger partial charge in [0.2, 0.25) is 11.8 Å². The van der Waals surface area contributed by atoms with E-state index in [1.165, 1.54) is 0 Å². The summed E-state index contributed by atoms with van der Waals surface area (Å²) in [5.74, 6) is -1.64. The zero-order chi connectivity index (χ0) is 14.5. The van der Waals surface area contributed by atoms with Crippen molar-refractivity contribution in [3.63, 3.8) is 0 Å². The first kappa shape index (κ1) is 13.9. The fraction of sp³-hybridized carbons (Fsp3) is 0.250. The van der Waals surface area contributed by atoms with E-state index >= 15 is 0 Å². The van der Waals surface area contributed by atoms with Crippen LogP contribution in [0.1, 0.15) is 11.8 Å². The van der Waals surface area contributed by atoms with Gasteiger partial charge in [0.1, 0.15) is 5.82 Å². The molecule has 1 aromatic carbocycles. The molecule has 6 nitrogen and oxygen atoms in total. The van der Waals surface area contributed by atoms with Gasteiger partial charge < -0.3 is 14.5 Å². The number of hydrogen-bond donors (Lipinski definition) is 1. The van der Waals surface area contributed by atoms with E-state index in [2.05, 4.69) is 15.5 Å². The minimum atomic E-state index is -0.870. The van der Waals surface area contributed by atoms with E-state index in [1.54, 1.807) is 6.92 Å². The molecule has 0 radical (unpaired) electrons. The highest BCUT2D eigenvalue weighted by atomic mass is 19.1. The quantitative estimate of drug-likeness (QED) is 0.896. The first-order chi connectivity index (χ1) is 9.54. The number of hydrogen-bond acceptors (Lipinski definition) is 5. The van der Waals surface area contributed by atoms with Crippen molar-refractivity contribution in [3.05, 3.63) is 41.6 Å². The highest BCUT2D eigenvalue weighted by Crippen LogP contribution is 2.17. The molecule has 0 unspecified atom stereocenters. The normalized spacial score (nSPS) is 10.3. The van der Waals surface area contributed by atoms with Gasteiger partial charge in [-0.2, -0.15) is 0 Å². The summed E-state index contributed by atoms with van der Waals surface area (Å²) < 4.78 is 35.9. The Bertz CT molecular complexity index is 616. The zero-order valence-corrected chi connectivity index (χ0v) is 10.5. The average Bonchev–Trinajstić information content (AvgIpc) is 2.81. The topological polar surface area (TPSA) is 77.2 Å². The SMILES string of the molecule is Cc1nnc(CNC(=O)COc2ccc(F)cc2F)o1. The molecule has 0 spiro atoms. The van der Waals surface area contributed by atoms with E-state index in [9.17, 15) is 13.6 Å². The van der Waals surface area contributed by atoms with Crippen LogP contribution in [0.15, 0.2) is 22.6 Å². The summed E-state index contributed by atoms with van der Waals surface area (Å²) in [7, 11) is 0. The molecule has 1 heterocycles. The number of nitrogens with one attached hydrogen (secondary N) is 1. The van der Waals surface area contributed by atoms with Gasteiger partial charge in [0.15, 0.2) is 18.2 Å². The van der Waals surface area contributed by atoms with Crippen LogP contribution >= 0.6 is 0 Å². The van der Waals surface area contributed by atoms with Crippen molar-refractivity contribution in [2.75, 3.05) is 6.61 Å². The lowest BCUT2D eigenvalue weighted by molar-refractivity contribution is -0.123. The summed E-state index contributed by atoms with van der Waals surface area (Å²) in [5, 5.41) is 9.74. The van der Waals surface area contributed by atoms with Crippen LogP contribution in [-0.4, -0.2) is 22.7 Å². The average molecular weight is 283 g/mol. The number of nitrogens with zero attached hydrogens (tertiary/aromatic N) is 2. The fourth-order valence-corrected chi connectivity index (χ4v) is 1.37. The number of amides is 1. The standard InChI is InChI=1S/C12H11F2N3O3/c1-7-16-17-12(20-7)5-15-11(18)6-19-10-3-2-8(13)4-9(10)14/h2-4H,5-6H2,1H3,(H,15,18). The third-order valence-corrected chi connectivity index (χ3v) is 2.26.